The van der Waals surface area contributed by atoms with E-state index >= 15 is 0 Å². The summed E-state index contributed by atoms with van der Waals surface area (Å²) in [5.41, 5.74) is 2.68. The average molecular weight is 325 g/mol. The van der Waals surface area contributed by atoms with Crippen molar-refractivity contribution in [3.8, 4) is 11.3 Å². The zero-order valence-corrected chi connectivity index (χ0v) is 13.7. The smallest absolute Gasteiger partial charge is 0.269 e. The van der Waals surface area contributed by atoms with Crippen LogP contribution in [-0.4, -0.2) is 32.1 Å². The van der Waals surface area contributed by atoms with Crippen LogP contribution in [0.5, 0.6) is 0 Å². The Kier molecular flexibility index (Phi) is 4.69. The quantitative estimate of drug-likeness (QED) is 0.703. The minimum atomic E-state index is -0.186. The lowest BCUT2D eigenvalue weighted by Crippen LogP contribution is -2.26. The summed E-state index contributed by atoms with van der Waals surface area (Å²) in [4.78, 5) is 20.7. The van der Waals surface area contributed by atoms with Gasteiger partial charge in [-0.2, -0.15) is 0 Å². The molecule has 0 fully saturated rings. The van der Waals surface area contributed by atoms with E-state index in [1.165, 1.54) is 0 Å². The molecule has 0 saturated carbocycles. The molecule has 0 aromatic carbocycles. The van der Waals surface area contributed by atoms with E-state index in [-0.39, 0.29) is 5.91 Å². The van der Waals surface area contributed by atoms with Gasteiger partial charge in [-0.05, 0) is 32.4 Å². The van der Waals surface area contributed by atoms with Crippen molar-refractivity contribution in [2.24, 2.45) is 0 Å². The fraction of sp³-hybridized carbons (Fsp3) is 0.294. The summed E-state index contributed by atoms with van der Waals surface area (Å²) in [6.45, 7) is 5.08. The lowest BCUT2D eigenvalue weighted by molar-refractivity contribution is 0.0948. The number of hydrogen-bond donors (Lipinski definition) is 1. The molecule has 1 N–H and O–H groups in total. The van der Waals surface area contributed by atoms with Crippen molar-refractivity contribution in [3.63, 3.8) is 0 Å². The van der Waals surface area contributed by atoms with Crippen LogP contribution in [0.2, 0.25) is 0 Å². The molecule has 0 radical (unpaired) electrons. The molecule has 3 rings (SSSR count). The third kappa shape index (κ3) is 3.51. The van der Waals surface area contributed by atoms with Crippen LogP contribution >= 0.6 is 0 Å². The van der Waals surface area contributed by atoms with Crippen LogP contribution in [0.1, 0.15) is 28.4 Å². The van der Waals surface area contributed by atoms with Crippen LogP contribution in [0, 0.1) is 13.8 Å². The molecule has 0 unspecified atom stereocenters. The zero-order chi connectivity index (χ0) is 16.9. The molecule has 7 nitrogen and oxygen atoms in total. The molecule has 0 aliphatic rings. The van der Waals surface area contributed by atoms with Gasteiger partial charge in [0.05, 0.1) is 23.3 Å². The van der Waals surface area contributed by atoms with E-state index in [2.05, 4.69) is 20.4 Å². The molecular weight excluding hydrogens is 306 g/mol. The Morgan fingerprint density at radius 1 is 1.33 bits per heavy atom. The van der Waals surface area contributed by atoms with Crippen molar-refractivity contribution in [2.75, 3.05) is 6.54 Å². The Hall–Kier alpha value is -2.96. The number of carbonyl (C=O) groups excluding carboxylic acids is 1. The van der Waals surface area contributed by atoms with Crippen molar-refractivity contribution in [2.45, 2.75) is 26.8 Å². The number of pyridine rings is 1. The number of aryl methyl sites for hydroxylation is 3. The number of rotatable bonds is 6. The lowest BCUT2D eigenvalue weighted by atomic mass is 10.1. The molecule has 3 aromatic rings. The first-order valence-electron chi connectivity index (χ1n) is 7.79. The highest BCUT2D eigenvalue weighted by atomic mass is 16.5. The fourth-order valence-electron chi connectivity index (χ4n) is 2.52. The van der Waals surface area contributed by atoms with Crippen LogP contribution in [0.3, 0.4) is 0 Å². The summed E-state index contributed by atoms with van der Waals surface area (Å²) in [7, 11) is 0. The minimum absolute atomic E-state index is 0.186. The summed E-state index contributed by atoms with van der Waals surface area (Å²) < 4.78 is 7.14. The fourth-order valence-corrected chi connectivity index (χ4v) is 2.52. The summed E-state index contributed by atoms with van der Waals surface area (Å²) >= 11 is 0. The number of nitrogens with zero attached hydrogens (tertiary/aromatic N) is 4. The first-order valence-corrected chi connectivity index (χ1v) is 7.79. The number of carbonyl (C=O) groups is 1. The molecule has 124 valence electrons. The number of amides is 1. The monoisotopic (exact) mass is 325 g/mol. The van der Waals surface area contributed by atoms with Gasteiger partial charge in [-0.25, -0.2) is 9.97 Å². The zero-order valence-electron chi connectivity index (χ0n) is 13.7. The largest absolute Gasteiger partial charge is 0.361 e. The van der Waals surface area contributed by atoms with Crippen LogP contribution in [-0.2, 0) is 6.54 Å². The van der Waals surface area contributed by atoms with Crippen molar-refractivity contribution in [1.29, 1.82) is 0 Å². The molecule has 0 aliphatic heterocycles. The van der Waals surface area contributed by atoms with Crippen molar-refractivity contribution in [3.05, 3.63) is 54.1 Å². The number of hydrogen-bond acceptors (Lipinski definition) is 5. The summed E-state index contributed by atoms with van der Waals surface area (Å²) in [5, 5.41) is 6.82. The molecule has 0 bridgehead atoms. The second-order valence-electron chi connectivity index (χ2n) is 5.52. The Balaban J connectivity index is 1.62. The van der Waals surface area contributed by atoms with Crippen LogP contribution in [0.25, 0.3) is 11.3 Å². The maximum atomic E-state index is 12.3. The predicted octanol–water partition coefficient (Wildman–Crippen LogP) is 2.37. The molecule has 3 heterocycles. The van der Waals surface area contributed by atoms with E-state index in [9.17, 15) is 4.79 Å². The Morgan fingerprint density at radius 2 is 2.21 bits per heavy atom. The van der Waals surface area contributed by atoms with E-state index in [1.54, 1.807) is 18.6 Å². The topological polar surface area (TPSA) is 85.8 Å². The molecule has 0 saturated heterocycles. The van der Waals surface area contributed by atoms with Crippen LogP contribution in [0.4, 0.5) is 0 Å². The molecular formula is C17H19N5O2. The van der Waals surface area contributed by atoms with E-state index < -0.39 is 0 Å². The molecule has 0 aliphatic carbocycles. The van der Waals surface area contributed by atoms with Gasteiger partial charge in [0.15, 0.2) is 0 Å². The van der Waals surface area contributed by atoms with Gasteiger partial charge in [-0.1, -0.05) is 11.2 Å². The molecule has 0 atom stereocenters. The highest BCUT2D eigenvalue weighted by Crippen LogP contribution is 2.24. The number of aromatic nitrogens is 4. The van der Waals surface area contributed by atoms with Crippen LogP contribution < -0.4 is 5.32 Å². The predicted molar refractivity (Wildman–Crippen MR) is 88.4 cm³/mol. The van der Waals surface area contributed by atoms with E-state index in [0.29, 0.717) is 23.7 Å². The van der Waals surface area contributed by atoms with Crippen molar-refractivity contribution >= 4 is 5.91 Å². The van der Waals surface area contributed by atoms with Gasteiger partial charge in [0.1, 0.15) is 11.5 Å². The van der Waals surface area contributed by atoms with Gasteiger partial charge >= 0.3 is 0 Å². The Morgan fingerprint density at radius 3 is 2.92 bits per heavy atom. The van der Waals surface area contributed by atoms with Gasteiger partial charge in [0.2, 0.25) is 0 Å². The molecule has 1 amide bonds. The number of nitrogens with one attached hydrogen (secondary N) is 1. The second kappa shape index (κ2) is 7.08. The SMILES string of the molecule is Cc1noc(C)c1-c1cccc(C(=O)NCCCn2ccnc2)n1. The van der Waals surface area contributed by atoms with Gasteiger partial charge in [-0.3, -0.25) is 4.79 Å². The molecule has 7 heteroatoms. The Labute approximate surface area is 139 Å². The average Bonchev–Trinajstić information content (AvgIpc) is 3.21. The normalized spacial score (nSPS) is 10.8. The van der Waals surface area contributed by atoms with Gasteiger partial charge < -0.3 is 14.4 Å². The van der Waals surface area contributed by atoms with E-state index in [0.717, 1.165) is 24.2 Å². The van der Waals surface area contributed by atoms with Gasteiger partial charge in [0.25, 0.3) is 5.91 Å². The van der Waals surface area contributed by atoms with Crippen LogP contribution in [0.15, 0.2) is 41.4 Å². The lowest BCUT2D eigenvalue weighted by Gasteiger charge is -2.07. The molecule has 0 spiro atoms. The number of imidazole rings is 1. The molecule has 3 aromatic heterocycles. The summed E-state index contributed by atoms with van der Waals surface area (Å²) in [6.07, 6.45) is 6.22. The highest BCUT2D eigenvalue weighted by Gasteiger charge is 2.15. The standard InChI is InChI=1S/C17H19N5O2/c1-12-16(13(2)24-21-12)14-5-3-6-15(20-14)17(23)19-7-4-9-22-10-8-18-11-22/h3,5-6,8,10-11H,4,7,9H2,1-2H3,(H,19,23). The van der Waals surface area contributed by atoms with E-state index in [1.807, 2.05) is 36.7 Å². The third-order valence-corrected chi connectivity index (χ3v) is 3.71. The second-order valence-corrected chi connectivity index (χ2v) is 5.52. The van der Waals surface area contributed by atoms with E-state index in [4.69, 9.17) is 4.52 Å². The first kappa shape index (κ1) is 15.9. The summed E-state index contributed by atoms with van der Waals surface area (Å²) in [6, 6.07) is 5.36. The van der Waals surface area contributed by atoms with Gasteiger partial charge in [0, 0.05) is 25.5 Å². The van der Waals surface area contributed by atoms with Gasteiger partial charge in [-0.15, -0.1) is 0 Å². The maximum absolute atomic E-state index is 12.3. The summed E-state index contributed by atoms with van der Waals surface area (Å²) in [5.74, 6) is 0.507. The van der Waals surface area contributed by atoms with Crippen molar-refractivity contribution < 1.29 is 9.32 Å². The minimum Gasteiger partial charge on any atom is -0.361 e. The third-order valence-electron chi connectivity index (χ3n) is 3.71. The van der Waals surface area contributed by atoms with Crippen molar-refractivity contribution in [1.82, 2.24) is 25.0 Å². The highest BCUT2D eigenvalue weighted by molar-refractivity contribution is 5.92. The Bertz CT molecular complexity index is 804. The first-order chi connectivity index (χ1) is 11.6. The maximum Gasteiger partial charge on any atom is 0.269 e. The molecule has 24 heavy (non-hydrogen) atoms.